The Balaban J connectivity index is 1.36. The van der Waals surface area contributed by atoms with Crippen LogP contribution in [0.1, 0.15) is 23.7 Å². The smallest absolute Gasteiger partial charge is 0.168 e. The van der Waals surface area contributed by atoms with Gasteiger partial charge in [-0.25, -0.2) is 9.97 Å². The second-order valence-electron chi connectivity index (χ2n) is 10.1. The topological polar surface area (TPSA) is 43.6 Å². The Morgan fingerprint density at radius 3 is 2.33 bits per heavy atom. The molecule has 1 atom stereocenters. The quantitative estimate of drug-likeness (QED) is 0.245. The van der Waals surface area contributed by atoms with E-state index in [1.807, 2.05) is 18.3 Å². The van der Waals surface area contributed by atoms with E-state index >= 15 is 0 Å². The van der Waals surface area contributed by atoms with Gasteiger partial charge in [-0.3, -0.25) is 9.55 Å². The fourth-order valence-corrected chi connectivity index (χ4v) is 5.85. The molecule has 0 N–H and O–H groups in total. The van der Waals surface area contributed by atoms with Gasteiger partial charge in [0.1, 0.15) is 5.52 Å². The minimum absolute atomic E-state index is 0.363. The third-order valence-corrected chi connectivity index (χ3v) is 7.77. The molecule has 1 aliphatic carbocycles. The molecule has 4 nitrogen and oxygen atoms in total. The van der Waals surface area contributed by atoms with Gasteiger partial charge < -0.3 is 0 Å². The molecule has 4 heteroatoms. The number of benzene rings is 4. The molecule has 0 bridgehead atoms. The number of rotatable bonds is 3. The second kappa shape index (κ2) is 8.74. The lowest BCUT2D eigenvalue weighted by Crippen LogP contribution is -2.06. The lowest BCUT2D eigenvalue weighted by atomic mass is 9.90. The maximum atomic E-state index is 5.21. The molecular formula is C35H24N4. The summed E-state index contributed by atoms with van der Waals surface area (Å²) in [7, 11) is 0. The van der Waals surface area contributed by atoms with Crippen molar-refractivity contribution in [3.05, 3.63) is 139 Å². The Morgan fingerprint density at radius 2 is 1.49 bits per heavy atom. The summed E-state index contributed by atoms with van der Waals surface area (Å²) in [5.74, 6) is 1.89. The molecule has 4 aromatic carbocycles. The molecule has 0 spiro atoms. The molecule has 0 saturated heterocycles. The van der Waals surface area contributed by atoms with E-state index in [4.69, 9.17) is 15.0 Å². The van der Waals surface area contributed by atoms with Crippen LogP contribution in [0.2, 0.25) is 0 Å². The zero-order valence-corrected chi connectivity index (χ0v) is 21.2. The fourth-order valence-electron chi connectivity index (χ4n) is 5.85. The highest BCUT2D eigenvalue weighted by Gasteiger charge is 2.20. The zero-order valence-electron chi connectivity index (χ0n) is 21.2. The van der Waals surface area contributed by atoms with Crippen molar-refractivity contribution in [1.29, 1.82) is 0 Å². The highest BCUT2D eigenvalue weighted by Crippen LogP contribution is 2.36. The van der Waals surface area contributed by atoms with Gasteiger partial charge in [0, 0.05) is 28.5 Å². The molecule has 3 aromatic heterocycles. The minimum atomic E-state index is 0.363. The molecule has 3 heterocycles. The van der Waals surface area contributed by atoms with Crippen LogP contribution in [0.15, 0.2) is 128 Å². The molecule has 7 aromatic rings. The summed E-state index contributed by atoms with van der Waals surface area (Å²) in [5, 5.41) is 4.83. The van der Waals surface area contributed by atoms with Crippen molar-refractivity contribution in [3.8, 4) is 5.82 Å². The maximum absolute atomic E-state index is 5.21. The number of fused-ring (bicyclic) bond motifs is 5. The number of para-hydroxylation sites is 1. The fraction of sp³-hybridized carbons (Fsp3) is 0.0571. The van der Waals surface area contributed by atoms with Crippen LogP contribution in [0.4, 0.5) is 0 Å². The first-order valence-electron chi connectivity index (χ1n) is 13.3. The monoisotopic (exact) mass is 500 g/mol. The summed E-state index contributed by atoms with van der Waals surface area (Å²) in [6.45, 7) is 0. The van der Waals surface area contributed by atoms with Crippen molar-refractivity contribution < 1.29 is 0 Å². The minimum Gasteiger partial charge on any atom is -0.292 e. The van der Waals surface area contributed by atoms with Crippen LogP contribution < -0.4 is 0 Å². The number of hydrogen-bond donors (Lipinski definition) is 0. The summed E-state index contributed by atoms with van der Waals surface area (Å²) in [6, 6.07) is 36.2. The summed E-state index contributed by atoms with van der Waals surface area (Å²) in [4.78, 5) is 15.0. The van der Waals surface area contributed by atoms with Crippen molar-refractivity contribution >= 4 is 49.2 Å². The van der Waals surface area contributed by atoms with E-state index in [0.717, 1.165) is 45.7 Å². The van der Waals surface area contributed by atoms with Gasteiger partial charge in [-0.2, -0.15) is 0 Å². The van der Waals surface area contributed by atoms with Crippen LogP contribution in [0.3, 0.4) is 0 Å². The van der Waals surface area contributed by atoms with Crippen LogP contribution in [0.25, 0.3) is 55.0 Å². The maximum Gasteiger partial charge on any atom is 0.168 e. The average molecular weight is 501 g/mol. The first-order valence-corrected chi connectivity index (χ1v) is 13.3. The van der Waals surface area contributed by atoms with E-state index in [0.29, 0.717) is 5.92 Å². The average Bonchev–Trinajstić information content (AvgIpc) is 3.33. The zero-order chi connectivity index (χ0) is 25.8. The van der Waals surface area contributed by atoms with Gasteiger partial charge in [-0.15, -0.1) is 0 Å². The van der Waals surface area contributed by atoms with E-state index in [1.54, 1.807) is 0 Å². The van der Waals surface area contributed by atoms with Crippen molar-refractivity contribution in [3.63, 3.8) is 0 Å². The van der Waals surface area contributed by atoms with Crippen molar-refractivity contribution in [1.82, 2.24) is 19.5 Å². The van der Waals surface area contributed by atoms with Crippen molar-refractivity contribution in [2.45, 2.75) is 12.3 Å². The lowest BCUT2D eigenvalue weighted by molar-refractivity contribution is 0.854. The molecule has 0 radical (unpaired) electrons. The van der Waals surface area contributed by atoms with Gasteiger partial charge in [0.05, 0.1) is 16.6 Å². The Bertz CT molecular complexity index is 2100. The van der Waals surface area contributed by atoms with Gasteiger partial charge in [0.2, 0.25) is 0 Å². The van der Waals surface area contributed by atoms with Crippen LogP contribution in [-0.4, -0.2) is 19.5 Å². The molecule has 0 aliphatic heterocycles. The Hall–Kier alpha value is -5.09. The van der Waals surface area contributed by atoms with Gasteiger partial charge in [0.15, 0.2) is 11.6 Å². The Morgan fingerprint density at radius 1 is 0.692 bits per heavy atom. The van der Waals surface area contributed by atoms with Crippen molar-refractivity contribution in [2.24, 2.45) is 0 Å². The molecule has 184 valence electrons. The van der Waals surface area contributed by atoms with Crippen molar-refractivity contribution in [2.75, 3.05) is 0 Å². The normalized spacial score (nSPS) is 15.4. The standard InChI is InChI=1S/C35H24N4/c1-2-9-23(10-3-1)24-16-18-25(19-17-24)34-37-30-14-8-20-36-33(30)35(38-34)39-31-15-7-6-13-28(31)29-21-26-11-4-5-12-27(26)22-32(29)39/h1-16,18-22,24H,17H2. The predicted molar refractivity (Wildman–Crippen MR) is 160 cm³/mol. The van der Waals surface area contributed by atoms with Gasteiger partial charge >= 0.3 is 0 Å². The molecule has 0 amide bonds. The first kappa shape index (κ1) is 21.9. The van der Waals surface area contributed by atoms with E-state index in [-0.39, 0.29) is 0 Å². The third kappa shape index (κ3) is 3.57. The van der Waals surface area contributed by atoms with Crippen LogP contribution >= 0.6 is 0 Å². The molecule has 8 rings (SSSR count). The highest BCUT2D eigenvalue weighted by molar-refractivity contribution is 6.14. The SMILES string of the molecule is C1=CC(c2ccccc2)CC=C1c1nc(-n2c3ccccc3c3cc4ccccc4cc32)c2ncccc2n1. The summed E-state index contributed by atoms with van der Waals surface area (Å²) in [5.41, 5.74) is 6.22. The highest BCUT2D eigenvalue weighted by atomic mass is 15.1. The summed E-state index contributed by atoms with van der Waals surface area (Å²) in [6.07, 6.45) is 9.44. The molecule has 39 heavy (non-hydrogen) atoms. The number of allylic oxidation sites excluding steroid dienone is 4. The van der Waals surface area contributed by atoms with Crippen LogP contribution in [-0.2, 0) is 0 Å². The first-order chi connectivity index (χ1) is 19.3. The van der Waals surface area contributed by atoms with Crippen LogP contribution in [0.5, 0.6) is 0 Å². The number of nitrogens with zero attached hydrogens (tertiary/aromatic N) is 4. The molecular weight excluding hydrogens is 476 g/mol. The van der Waals surface area contributed by atoms with Crippen LogP contribution in [0, 0.1) is 0 Å². The largest absolute Gasteiger partial charge is 0.292 e. The summed E-state index contributed by atoms with van der Waals surface area (Å²) >= 11 is 0. The molecule has 0 saturated carbocycles. The van der Waals surface area contributed by atoms with E-state index < -0.39 is 0 Å². The molecule has 1 unspecified atom stereocenters. The van der Waals surface area contributed by atoms with Gasteiger partial charge in [-0.1, -0.05) is 91.0 Å². The Labute approximate surface area is 225 Å². The van der Waals surface area contributed by atoms with E-state index in [9.17, 15) is 0 Å². The lowest BCUT2D eigenvalue weighted by Gasteiger charge is -2.17. The number of pyridine rings is 1. The van der Waals surface area contributed by atoms with E-state index in [2.05, 4.69) is 114 Å². The predicted octanol–water partition coefficient (Wildman–Crippen LogP) is 8.40. The van der Waals surface area contributed by atoms with Gasteiger partial charge in [-0.05, 0) is 53.1 Å². The van der Waals surface area contributed by atoms with Gasteiger partial charge in [0.25, 0.3) is 0 Å². The second-order valence-corrected chi connectivity index (χ2v) is 10.1. The van der Waals surface area contributed by atoms with E-state index in [1.165, 1.54) is 27.1 Å². The summed E-state index contributed by atoms with van der Waals surface area (Å²) < 4.78 is 2.26. The molecule has 0 fully saturated rings. The number of hydrogen-bond acceptors (Lipinski definition) is 3. The third-order valence-electron chi connectivity index (χ3n) is 7.77. The Kier molecular flexibility index (Phi) is 4.92. The number of aromatic nitrogens is 4. The molecule has 1 aliphatic rings.